The van der Waals surface area contributed by atoms with Gasteiger partial charge in [-0.3, -0.25) is 9.69 Å². The number of para-hydroxylation sites is 1. The Morgan fingerprint density at radius 1 is 0.919 bits per heavy atom. The van der Waals surface area contributed by atoms with Crippen molar-refractivity contribution in [2.75, 3.05) is 19.6 Å². The van der Waals surface area contributed by atoms with Crippen LogP contribution in [0.2, 0.25) is 0 Å². The molecular formula is C32H35N3O2. The topological polar surface area (TPSA) is 54.5 Å². The van der Waals surface area contributed by atoms with Crippen LogP contribution >= 0.6 is 0 Å². The highest BCUT2D eigenvalue weighted by Gasteiger charge is 2.21. The van der Waals surface area contributed by atoms with Crippen molar-refractivity contribution in [1.29, 1.82) is 0 Å². The number of nitrogens with zero attached hydrogens (tertiary/aromatic N) is 2. The van der Waals surface area contributed by atoms with Crippen molar-refractivity contribution in [3.05, 3.63) is 107 Å². The molecule has 0 aliphatic carbocycles. The second-order valence-electron chi connectivity index (χ2n) is 10.2. The van der Waals surface area contributed by atoms with E-state index in [0.29, 0.717) is 30.5 Å². The molecule has 0 atom stereocenters. The number of pyridine rings is 1. The Morgan fingerprint density at radius 2 is 1.57 bits per heavy atom. The van der Waals surface area contributed by atoms with Crippen molar-refractivity contribution in [3.63, 3.8) is 0 Å². The molecule has 0 saturated carbocycles. The van der Waals surface area contributed by atoms with E-state index in [2.05, 4.69) is 77.6 Å². The fraction of sp³-hybridized carbons (Fsp3) is 0.312. The molecule has 0 radical (unpaired) electrons. The summed E-state index contributed by atoms with van der Waals surface area (Å²) < 4.78 is 6.00. The molecule has 5 heteroatoms. The van der Waals surface area contributed by atoms with Crippen molar-refractivity contribution < 1.29 is 9.53 Å². The summed E-state index contributed by atoms with van der Waals surface area (Å²) in [6.07, 6.45) is 2.18. The van der Waals surface area contributed by atoms with E-state index in [4.69, 9.17) is 4.74 Å². The van der Waals surface area contributed by atoms with Gasteiger partial charge in [0.1, 0.15) is 6.61 Å². The second-order valence-corrected chi connectivity index (χ2v) is 10.2. The van der Waals surface area contributed by atoms with Crippen molar-refractivity contribution in [2.24, 2.45) is 5.92 Å². The first-order valence-corrected chi connectivity index (χ1v) is 13.2. The van der Waals surface area contributed by atoms with Gasteiger partial charge in [0, 0.05) is 24.5 Å². The smallest absolute Gasteiger partial charge is 0.252 e. The van der Waals surface area contributed by atoms with Gasteiger partial charge in [0.15, 0.2) is 0 Å². The van der Waals surface area contributed by atoms with Crippen LogP contribution in [0.25, 0.3) is 10.9 Å². The normalized spacial score (nSPS) is 14.5. The van der Waals surface area contributed by atoms with Gasteiger partial charge in [-0.25, -0.2) is 4.98 Å². The molecular weight excluding hydrogens is 458 g/mol. The van der Waals surface area contributed by atoms with E-state index < -0.39 is 0 Å². The zero-order valence-electron chi connectivity index (χ0n) is 21.7. The third kappa shape index (κ3) is 6.55. The number of fused-ring (bicyclic) bond motifs is 1. The number of rotatable bonds is 8. The molecule has 3 aromatic carbocycles. The maximum absolute atomic E-state index is 13.3. The number of likely N-dealkylation sites (tertiary alicyclic amines) is 1. The lowest BCUT2D eigenvalue weighted by Crippen LogP contribution is -2.38. The summed E-state index contributed by atoms with van der Waals surface area (Å²) >= 11 is 0. The van der Waals surface area contributed by atoms with Gasteiger partial charge < -0.3 is 10.1 Å². The zero-order chi connectivity index (χ0) is 25.6. The van der Waals surface area contributed by atoms with E-state index in [-0.39, 0.29) is 5.91 Å². The van der Waals surface area contributed by atoms with E-state index in [1.54, 1.807) is 6.07 Å². The highest BCUT2D eigenvalue weighted by atomic mass is 16.5. The Labute approximate surface area is 219 Å². The summed E-state index contributed by atoms with van der Waals surface area (Å²) in [4.78, 5) is 20.4. The van der Waals surface area contributed by atoms with Crippen LogP contribution in [0.3, 0.4) is 0 Å². The SMILES string of the molecule is Cc1ccc(COc2cc(C(=O)NCC3CCN(Cc4ccc(C)cc4)CC3)c3ccccc3n2)cc1. The summed E-state index contributed by atoms with van der Waals surface area (Å²) in [5.74, 6) is 0.887. The molecule has 1 aliphatic rings. The molecule has 0 unspecified atom stereocenters. The first kappa shape index (κ1) is 25.0. The number of hydrogen-bond acceptors (Lipinski definition) is 4. The molecule has 1 aliphatic heterocycles. The van der Waals surface area contributed by atoms with Crippen LogP contribution in [0.5, 0.6) is 5.88 Å². The first-order chi connectivity index (χ1) is 18.0. The van der Waals surface area contributed by atoms with Crippen LogP contribution < -0.4 is 10.1 Å². The molecule has 1 amide bonds. The van der Waals surface area contributed by atoms with Gasteiger partial charge in [-0.15, -0.1) is 0 Å². The molecule has 1 N–H and O–H groups in total. The van der Waals surface area contributed by atoms with Crippen molar-refractivity contribution in [1.82, 2.24) is 15.2 Å². The minimum absolute atomic E-state index is 0.0686. The van der Waals surface area contributed by atoms with Crippen LogP contribution in [-0.4, -0.2) is 35.4 Å². The molecule has 0 bridgehead atoms. The number of carbonyl (C=O) groups is 1. The summed E-state index contributed by atoms with van der Waals surface area (Å²) in [7, 11) is 0. The van der Waals surface area contributed by atoms with E-state index in [1.807, 2.05) is 24.3 Å². The molecule has 2 heterocycles. The first-order valence-electron chi connectivity index (χ1n) is 13.2. The highest BCUT2D eigenvalue weighted by molar-refractivity contribution is 6.06. The number of aromatic nitrogens is 1. The molecule has 1 fully saturated rings. The third-order valence-electron chi connectivity index (χ3n) is 7.23. The number of hydrogen-bond donors (Lipinski definition) is 1. The lowest BCUT2D eigenvalue weighted by Gasteiger charge is -2.32. The summed E-state index contributed by atoms with van der Waals surface area (Å²) in [5.41, 5.74) is 6.32. The van der Waals surface area contributed by atoms with Gasteiger partial charge in [0.25, 0.3) is 5.91 Å². The summed E-state index contributed by atoms with van der Waals surface area (Å²) in [5, 5.41) is 4.04. The standard InChI is InChI=1S/C32H35N3O2/c1-23-7-11-26(12-8-23)21-35-17-15-25(16-18-35)20-33-32(36)29-19-31(34-30-6-4-3-5-28(29)30)37-22-27-13-9-24(2)10-14-27/h3-14,19,25H,15-18,20-22H2,1-2H3,(H,33,36). The van der Waals surface area contributed by atoms with Crippen LogP contribution in [0.15, 0.2) is 78.9 Å². The molecule has 1 saturated heterocycles. The Balaban J connectivity index is 1.19. The molecule has 1 aromatic heterocycles. The number of ether oxygens (including phenoxy) is 1. The van der Waals surface area contributed by atoms with E-state index in [9.17, 15) is 4.79 Å². The van der Waals surface area contributed by atoms with Gasteiger partial charge in [-0.1, -0.05) is 77.9 Å². The molecule has 4 aromatic rings. The Bertz CT molecular complexity index is 1340. The van der Waals surface area contributed by atoms with E-state index in [1.165, 1.54) is 16.7 Å². The zero-order valence-corrected chi connectivity index (χ0v) is 21.7. The Morgan fingerprint density at radius 3 is 2.27 bits per heavy atom. The number of benzene rings is 3. The fourth-order valence-electron chi connectivity index (χ4n) is 4.89. The molecule has 5 nitrogen and oxygen atoms in total. The van der Waals surface area contributed by atoms with Gasteiger partial charge in [-0.05, 0) is 62.9 Å². The lowest BCUT2D eigenvalue weighted by molar-refractivity contribution is 0.0936. The van der Waals surface area contributed by atoms with Crippen molar-refractivity contribution in [2.45, 2.75) is 39.8 Å². The largest absolute Gasteiger partial charge is 0.473 e. The minimum Gasteiger partial charge on any atom is -0.473 e. The predicted octanol–water partition coefficient (Wildman–Crippen LogP) is 6.07. The quantitative estimate of drug-likeness (QED) is 0.324. The number of carbonyl (C=O) groups excluding carboxylic acids is 1. The Kier molecular flexibility index (Phi) is 7.81. The number of nitrogens with one attached hydrogen (secondary N) is 1. The third-order valence-corrected chi connectivity index (χ3v) is 7.23. The number of amides is 1. The molecule has 5 rings (SSSR count). The van der Waals surface area contributed by atoms with Crippen molar-refractivity contribution >= 4 is 16.8 Å². The average molecular weight is 494 g/mol. The van der Waals surface area contributed by atoms with Crippen LogP contribution in [-0.2, 0) is 13.2 Å². The van der Waals surface area contributed by atoms with Gasteiger partial charge in [-0.2, -0.15) is 0 Å². The monoisotopic (exact) mass is 493 g/mol. The number of piperidine rings is 1. The molecule has 190 valence electrons. The molecule has 37 heavy (non-hydrogen) atoms. The molecule has 0 spiro atoms. The fourth-order valence-corrected chi connectivity index (χ4v) is 4.89. The maximum Gasteiger partial charge on any atom is 0.252 e. The maximum atomic E-state index is 13.3. The second kappa shape index (κ2) is 11.6. The number of aryl methyl sites for hydroxylation is 2. The van der Waals surface area contributed by atoms with Crippen molar-refractivity contribution in [3.8, 4) is 5.88 Å². The van der Waals surface area contributed by atoms with Gasteiger partial charge in [0.2, 0.25) is 5.88 Å². The highest BCUT2D eigenvalue weighted by Crippen LogP contribution is 2.24. The lowest BCUT2D eigenvalue weighted by atomic mass is 9.96. The van der Waals surface area contributed by atoms with Crippen LogP contribution in [0.1, 0.15) is 45.5 Å². The van der Waals surface area contributed by atoms with Gasteiger partial charge in [0.05, 0.1) is 11.1 Å². The van der Waals surface area contributed by atoms with E-state index in [0.717, 1.165) is 48.9 Å². The summed E-state index contributed by atoms with van der Waals surface area (Å²) in [6.45, 7) is 8.40. The van der Waals surface area contributed by atoms with Gasteiger partial charge >= 0.3 is 0 Å². The summed E-state index contributed by atoms with van der Waals surface area (Å²) in [6, 6.07) is 26.6. The van der Waals surface area contributed by atoms with Crippen LogP contribution in [0, 0.1) is 19.8 Å². The minimum atomic E-state index is -0.0686. The Hall–Kier alpha value is -3.70. The predicted molar refractivity (Wildman–Crippen MR) is 149 cm³/mol. The van der Waals surface area contributed by atoms with Crippen LogP contribution in [0.4, 0.5) is 0 Å². The van der Waals surface area contributed by atoms with E-state index >= 15 is 0 Å². The average Bonchev–Trinajstić information content (AvgIpc) is 2.93.